The number of rotatable bonds is 0. The molecule has 1 aliphatic heterocycles. The highest BCUT2D eigenvalue weighted by molar-refractivity contribution is 5.41. The van der Waals surface area contributed by atoms with Crippen molar-refractivity contribution in [2.75, 3.05) is 7.05 Å². The summed E-state index contributed by atoms with van der Waals surface area (Å²) in [5.41, 5.74) is 4.94. The van der Waals surface area contributed by atoms with Crippen LogP contribution in [-0.2, 0) is 0 Å². The van der Waals surface area contributed by atoms with Gasteiger partial charge < -0.3 is 4.90 Å². The SMILES string of the molecule is C=C1CC(=C(C)C)C(=C)N1C. The molecule has 0 aromatic carbocycles. The largest absolute Gasteiger partial charge is 0.349 e. The maximum Gasteiger partial charge on any atom is 0.0368 e. The zero-order valence-electron chi connectivity index (χ0n) is 7.57. The van der Waals surface area contributed by atoms with E-state index in [2.05, 4.69) is 31.9 Å². The monoisotopic (exact) mass is 149 g/mol. The first-order valence-electron chi connectivity index (χ1n) is 3.81. The van der Waals surface area contributed by atoms with E-state index in [0.29, 0.717) is 0 Å². The molecule has 0 spiro atoms. The quantitative estimate of drug-likeness (QED) is 0.512. The fourth-order valence-corrected chi connectivity index (χ4v) is 1.28. The Labute approximate surface area is 68.7 Å². The smallest absolute Gasteiger partial charge is 0.0368 e. The molecule has 0 bridgehead atoms. The summed E-state index contributed by atoms with van der Waals surface area (Å²) < 4.78 is 0. The van der Waals surface area contributed by atoms with E-state index in [1.54, 1.807) is 0 Å². The molecule has 60 valence electrons. The summed E-state index contributed by atoms with van der Waals surface area (Å²) >= 11 is 0. The van der Waals surface area contributed by atoms with Gasteiger partial charge in [-0.2, -0.15) is 0 Å². The van der Waals surface area contributed by atoms with Gasteiger partial charge in [-0.25, -0.2) is 0 Å². The van der Waals surface area contributed by atoms with Gasteiger partial charge in [-0.3, -0.25) is 0 Å². The number of hydrogen-bond donors (Lipinski definition) is 0. The summed E-state index contributed by atoms with van der Waals surface area (Å²) in [4.78, 5) is 2.06. The van der Waals surface area contributed by atoms with Crippen molar-refractivity contribution in [1.29, 1.82) is 0 Å². The van der Waals surface area contributed by atoms with Crippen molar-refractivity contribution in [3.05, 3.63) is 35.7 Å². The Balaban J connectivity index is 3.02. The van der Waals surface area contributed by atoms with Crippen LogP contribution in [0.5, 0.6) is 0 Å². The first kappa shape index (κ1) is 8.12. The van der Waals surface area contributed by atoms with Gasteiger partial charge in [0.05, 0.1) is 0 Å². The fraction of sp³-hybridized carbons (Fsp3) is 0.400. The van der Waals surface area contributed by atoms with Crippen LogP contribution >= 0.6 is 0 Å². The zero-order valence-corrected chi connectivity index (χ0v) is 7.57. The fourth-order valence-electron chi connectivity index (χ4n) is 1.28. The third kappa shape index (κ3) is 1.23. The topological polar surface area (TPSA) is 3.24 Å². The molecule has 1 heterocycles. The molecule has 0 saturated carbocycles. The number of hydrogen-bond acceptors (Lipinski definition) is 1. The maximum atomic E-state index is 4.00. The first-order chi connectivity index (χ1) is 5.04. The lowest BCUT2D eigenvalue weighted by atomic mass is 10.1. The lowest BCUT2D eigenvalue weighted by Gasteiger charge is -2.12. The first-order valence-corrected chi connectivity index (χ1v) is 3.81. The van der Waals surface area contributed by atoms with Crippen LogP contribution in [0.25, 0.3) is 0 Å². The molecule has 0 atom stereocenters. The molecule has 0 amide bonds. The average molecular weight is 149 g/mol. The minimum atomic E-state index is 0.970. The summed E-state index contributed by atoms with van der Waals surface area (Å²) in [5, 5.41) is 0. The van der Waals surface area contributed by atoms with Crippen LogP contribution in [-0.4, -0.2) is 11.9 Å². The molecule has 0 aromatic heterocycles. The van der Waals surface area contributed by atoms with Crippen LogP contribution in [0.2, 0.25) is 0 Å². The molecule has 0 unspecified atom stereocenters. The van der Waals surface area contributed by atoms with E-state index >= 15 is 0 Å². The van der Waals surface area contributed by atoms with Crippen molar-refractivity contribution in [2.24, 2.45) is 0 Å². The molecule has 1 fully saturated rings. The second-order valence-electron chi connectivity index (χ2n) is 3.23. The van der Waals surface area contributed by atoms with Crippen molar-refractivity contribution in [1.82, 2.24) is 4.90 Å². The Morgan fingerprint density at radius 2 is 1.91 bits per heavy atom. The molecule has 1 nitrogen and oxygen atoms in total. The van der Waals surface area contributed by atoms with Gasteiger partial charge in [-0.05, 0) is 19.4 Å². The highest BCUT2D eigenvalue weighted by Gasteiger charge is 2.20. The Morgan fingerprint density at radius 1 is 1.36 bits per heavy atom. The van der Waals surface area contributed by atoms with Crippen molar-refractivity contribution in [3.63, 3.8) is 0 Å². The van der Waals surface area contributed by atoms with Gasteiger partial charge >= 0.3 is 0 Å². The summed E-state index contributed by atoms with van der Waals surface area (Å²) in [6.07, 6.45) is 0.970. The van der Waals surface area contributed by atoms with Gasteiger partial charge in [0.25, 0.3) is 0 Å². The van der Waals surface area contributed by atoms with Gasteiger partial charge in [0.15, 0.2) is 0 Å². The summed E-state index contributed by atoms with van der Waals surface area (Å²) in [6.45, 7) is 12.2. The average Bonchev–Trinajstić information content (AvgIpc) is 2.17. The van der Waals surface area contributed by atoms with E-state index < -0.39 is 0 Å². The molecule has 0 aromatic rings. The normalized spacial score (nSPS) is 18.1. The second kappa shape index (κ2) is 2.57. The molecular weight excluding hydrogens is 134 g/mol. The Kier molecular flexibility index (Phi) is 1.90. The van der Waals surface area contributed by atoms with E-state index in [0.717, 1.165) is 17.8 Å². The Morgan fingerprint density at radius 3 is 2.09 bits per heavy atom. The summed E-state index contributed by atoms with van der Waals surface area (Å²) in [6, 6.07) is 0. The van der Waals surface area contributed by atoms with Crippen LogP contribution in [0.4, 0.5) is 0 Å². The summed E-state index contributed by atoms with van der Waals surface area (Å²) in [7, 11) is 2.01. The van der Waals surface area contributed by atoms with Crippen LogP contribution < -0.4 is 0 Å². The molecule has 1 rings (SSSR count). The Bertz CT molecular complexity index is 242. The van der Waals surface area contributed by atoms with Crippen molar-refractivity contribution < 1.29 is 0 Å². The van der Waals surface area contributed by atoms with E-state index in [1.165, 1.54) is 11.1 Å². The van der Waals surface area contributed by atoms with Crippen LogP contribution in [0, 0.1) is 0 Å². The third-order valence-corrected chi connectivity index (χ3v) is 2.21. The minimum Gasteiger partial charge on any atom is -0.349 e. The zero-order chi connectivity index (χ0) is 8.59. The summed E-state index contributed by atoms with van der Waals surface area (Å²) in [5.74, 6) is 0. The van der Waals surface area contributed by atoms with Crippen LogP contribution in [0.15, 0.2) is 35.7 Å². The lowest BCUT2D eigenvalue weighted by Crippen LogP contribution is -2.06. The third-order valence-electron chi connectivity index (χ3n) is 2.21. The van der Waals surface area contributed by atoms with Crippen molar-refractivity contribution >= 4 is 0 Å². The number of allylic oxidation sites excluding steroid dienone is 3. The van der Waals surface area contributed by atoms with Crippen molar-refractivity contribution in [2.45, 2.75) is 20.3 Å². The van der Waals surface area contributed by atoms with Crippen molar-refractivity contribution in [3.8, 4) is 0 Å². The minimum absolute atomic E-state index is 0.970. The van der Waals surface area contributed by atoms with E-state index in [9.17, 15) is 0 Å². The van der Waals surface area contributed by atoms with Gasteiger partial charge in [0.1, 0.15) is 0 Å². The highest BCUT2D eigenvalue weighted by Crippen LogP contribution is 2.33. The highest BCUT2D eigenvalue weighted by atomic mass is 15.1. The molecule has 0 aliphatic carbocycles. The Hall–Kier alpha value is -0.980. The molecule has 1 heteroatoms. The maximum absolute atomic E-state index is 4.00. The van der Waals surface area contributed by atoms with Gasteiger partial charge in [0, 0.05) is 24.9 Å². The number of likely N-dealkylation sites (tertiary alicyclic amines) is 1. The molecule has 1 saturated heterocycles. The van der Waals surface area contributed by atoms with E-state index in [-0.39, 0.29) is 0 Å². The molecule has 0 N–H and O–H groups in total. The van der Waals surface area contributed by atoms with Gasteiger partial charge in [-0.15, -0.1) is 0 Å². The second-order valence-corrected chi connectivity index (χ2v) is 3.23. The lowest BCUT2D eigenvalue weighted by molar-refractivity contribution is 0.569. The van der Waals surface area contributed by atoms with Gasteiger partial charge in [0.2, 0.25) is 0 Å². The van der Waals surface area contributed by atoms with Crippen LogP contribution in [0.3, 0.4) is 0 Å². The molecular formula is C10H15N. The van der Waals surface area contributed by atoms with Gasteiger partial charge in [-0.1, -0.05) is 18.7 Å². The standard InChI is InChI=1S/C10H15N/c1-7(2)10-6-8(3)11(5)9(10)4/h3-4,6H2,1-2,5H3. The molecule has 1 aliphatic rings. The van der Waals surface area contributed by atoms with E-state index in [1.807, 2.05) is 7.05 Å². The number of nitrogens with zero attached hydrogens (tertiary/aromatic N) is 1. The van der Waals surface area contributed by atoms with Crippen LogP contribution in [0.1, 0.15) is 20.3 Å². The predicted molar refractivity (Wildman–Crippen MR) is 49.0 cm³/mol. The molecule has 11 heavy (non-hydrogen) atoms. The predicted octanol–water partition coefficient (Wildman–Crippen LogP) is 2.69. The number of likely N-dealkylation sites (N-methyl/N-ethyl adjacent to an activating group) is 1. The van der Waals surface area contributed by atoms with E-state index in [4.69, 9.17) is 0 Å². The molecule has 0 radical (unpaired) electrons.